The summed E-state index contributed by atoms with van der Waals surface area (Å²) in [5.41, 5.74) is 0. The molecular formula is C60H126CoO9P3. The van der Waals surface area contributed by atoms with Crippen LogP contribution < -0.4 is 14.7 Å². The summed E-state index contributed by atoms with van der Waals surface area (Å²) < 4.78 is 50.9. The smallest absolute Gasteiger partial charge is 0.778 e. The third-order valence-electron chi connectivity index (χ3n) is 13.7. The van der Waals surface area contributed by atoms with Crippen LogP contribution in [-0.4, -0.2) is 38.3 Å². The topological polar surface area (TPSA) is 148 Å². The Kier molecular flexibility index (Phi) is 72.1. The van der Waals surface area contributed by atoms with Gasteiger partial charge >= 0.3 is 16.8 Å². The average molecular weight is 1140 g/mol. The van der Waals surface area contributed by atoms with Crippen molar-refractivity contribution in [1.29, 1.82) is 0 Å². The summed E-state index contributed by atoms with van der Waals surface area (Å²) in [7, 11) is -10.7. The molecule has 0 rings (SSSR count). The molecule has 0 N–H and O–H groups in total. The van der Waals surface area contributed by atoms with E-state index in [9.17, 15) is 28.4 Å². The zero-order valence-corrected chi connectivity index (χ0v) is 53.3. The quantitative estimate of drug-likeness (QED) is 0.0429. The fourth-order valence-electron chi connectivity index (χ4n) is 8.83. The van der Waals surface area contributed by atoms with Gasteiger partial charge in [0.05, 0.1) is 19.8 Å². The van der Waals surface area contributed by atoms with Gasteiger partial charge in [-0.15, -0.1) is 0 Å². The Labute approximate surface area is 467 Å². The predicted octanol–water partition coefficient (Wildman–Crippen LogP) is 20.5. The number of hydrogen-bond donors (Lipinski definition) is 0. The third-order valence-corrected chi connectivity index (χ3v) is 18.0. The molecule has 13 heteroatoms. The maximum absolute atomic E-state index is 11.8. The van der Waals surface area contributed by atoms with Crippen LogP contribution in [0.2, 0.25) is 0 Å². The minimum Gasteiger partial charge on any atom is -0.778 e. The van der Waals surface area contributed by atoms with Crippen molar-refractivity contribution in [3.63, 3.8) is 0 Å². The van der Waals surface area contributed by atoms with Crippen LogP contribution in [0.25, 0.3) is 0 Å². The molecule has 0 bridgehead atoms. The van der Waals surface area contributed by atoms with Gasteiger partial charge in [-0.25, -0.2) is 0 Å². The molecule has 0 aromatic carbocycles. The maximum Gasteiger partial charge on any atom is 3.00 e. The fourth-order valence-corrected chi connectivity index (χ4v) is 12.3. The summed E-state index contributed by atoms with van der Waals surface area (Å²) >= 11 is 0. The Bertz CT molecular complexity index is 1030. The average Bonchev–Trinajstić information content (AvgIpc) is 3.35. The summed E-state index contributed by atoms with van der Waals surface area (Å²) in [4.78, 5) is 35.5. The van der Waals surface area contributed by atoms with Gasteiger partial charge in [-0.3, -0.25) is 0 Å². The first kappa shape index (κ1) is 80.4. The molecule has 3 unspecified atom stereocenters. The molecular weight excluding hydrogens is 1020 g/mol. The van der Waals surface area contributed by atoms with E-state index < -0.39 is 22.8 Å². The number of hydrogen-bond acceptors (Lipinski definition) is 9. The first-order valence-electron chi connectivity index (χ1n) is 31.7. The Balaban J connectivity index is -0.000000486. The van der Waals surface area contributed by atoms with E-state index in [-0.39, 0.29) is 35.3 Å². The van der Waals surface area contributed by atoms with Crippen molar-refractivity contribution in [2.45, 2.75) is 350 Å². The second-order valence-electron chi connectivity index (χ2n) is 21.4. The standard InChI is InChI=1S/3C20H43O3P.Co/c3*1-3-5-7-9-11-13-15-17-19-23-24(21,22)20-18-16-14-12-10-8-6-4-2;/h3*3-20H2,1-2H3,(H,21,22);/q;;;+3/p-3. The fraction of sp³-hybridized carbons (Fsp3) is 1.00. The molecule has 0 saturated heterocycles. The van der Waals surface area contributed by atoms with Gasteiger partial charge in [0.25, 0.3) is 0 Å². The zero-order valence-electron chi connectivity index (χ0n) is 49.5. The van der Waals surface area contributed by atoms with Gasteiger partial charge in [-0.2, -0.15) is 0 Å². The molecule has 9 nitrogen and oxygen atoms in total. The van der Waals surface area contributed by atoms with Crippen molar-refractivity contribution < 1.29 is 58.7 Å². The molecule has 0 aromatic heterocycles. The van der Waals surface area contributed by atoms with E-state index >= 15 is 0 Å². The molecule has 0 spiro atoms. The van der Waals surface area contributed by atoms with Gasteiger partial charge < -0.3 is 41.9 Å². The molecule has 0 aromatic rings. The molecule has 0 aliphatic heterocycles. The Morgan fingerprint density at radius 3 is 0.493 bits per heavy atom. The predicted molar refractivity (Wildman–Crippen MR) is 311 cm³/mol. The molecule has 0 saturated carbocycles. The van der Waals surface area contributed by atoms with Gasteiger partial charge in [0.1, 0.15) is 22.8 Å². The molecule has 0 amide bonds. The monoisotopic (exact) mass is 1140 g/mol. The Morgan fingerprint density at radius 2 is 0.342 bits per heavy atom. The maximum atomic E-state index is 11.8. The summed E-state index contributed by atoms with van der Waals surface area (Å²) in [6, 6.07) is 0. The van der Waals surface area contributed by atoms with Gasteiger partial charge in [0.15, 0.2) is 0 Å². The van der Waals surface area contributed by atoms with Crippen LogP contribution in [0.15, 0.2) is 0 Å². The Hall–Kier alpha value is 0.956. The van der Waals surface area contributed by atoms with Crippen LogP contribution >= 0.6 is 22.8 Å². The molecule has 0 aliphatic rings. The van der Waals surface area contributed by atoms with E-state index in [1.165, 1.54) is 212 Å². The van der Waals surface area contributed by atoms with Crippen molar-refractivity contribution in [1.82, 2.24) is 0 Å². The molecule has 444 valence electrons. The summed E-state index contributed by atoms with van der Waals surface area (Å²) in [5.74, 6) is 0. The first-order chi connectivity index (χ1) is 34.9. The van der Waals surface area contributed by atoms with Crippen LogP contribution in [0.3, 0.4) is 0 Å². The van der Waals surface area contributed by atoms with E-state index in [1.54, 1.807) is 0 Å². The van der Waals surface area contributed by atoms with Crippen molar-refractivity contribution in [2.75, 3.05) is 38.3 Å². The Morgan fingerprint density at radius 1 is 0.219 bits per heavy atom. The molecule has 73 heavy (non-hydrogen) atoms. The van der Waals surface area contributed by atoms with E-state index in [2.05, 4.69) is 41.5 Å². The largest absolute Gasteiger partial charge is 3.00 e. The molecule has 0 aliphatic carbocycles. The van der Waals surface area contributed by atoms with Crippen LogP contribution in [0.5, 0.6) is 0 Å². The van der Waals surface area contributed by atoms with Gasteiger partial charge in [-0.1, -0.05) is 311 Å². The minimum atomic E-state index is -3.58. The normalized spacial score (nSPS) is 13.8. The van der Waals surface area contributed by atoms with Crippen LogP contribution in [0, 0.1) is 0 Å². The molecule has 3 atom stereocenters. The van der Waals surface area contributed by atoms with Gasteiger partial charge in [0.2, 0.25) is 0 Å². The second-order valence-corrected chi connectivity index (χ2v) is 27.1. The van der Waals surface area contributed by atoms with Crippen molar-refractivity contribution in [3.8, 4) is 0 Å². The number of unbranched alkanes of at least 4 members (excludes halogenated alkanes) is 42. The van der Waals surface area contributed by atoms with Crippen LogP contribution in [0.1, 0.15) is 350 Å². The van der Waals surface area contributed by atoms with Gasteiger partial charge in [0, 0.05) is 18.5 Å². The molecule has 0 heterocycles. The van der Waals surface area contributed by atoms with E-state index in [0.29, 0.717) is 19.8 Å². The summed E-state index contributed by atoms with van der Waals surface area (Å²) in [6.45, 7) is 14.5. The molecule has 0 fully saturated rings. The summed E-state index contributed by atoms with van der Waals surface area (Å²) in [6.07, 6.45) is 57.9. The SMILES string of the molecule is CCCCCCCCCCOP(=O)([O-])CCCCCCCCCC.CCCCCCCCCCOP(=O)([O-])CCCCCCCCCC.CCCCCCCCCCOP(=O)([O-])CCCCCCCCCC.[Co+3]. The van der Waals surface area contributed by atoms with Crippen molar-refractivity contribution >= 4 is 22.8 Å². The first-order valence-corrected chi connectivity index (χ1v) is 36.9. The van der Waals surface area contributed by atoms with Crippen molar-refractivity contribution in [2.24, 2.45) is 0 Å². The van der Waals surface area contributed by atoms with E-state index in [4.69, 9.17) is 13.6 Å². The van der Waals surface area contributed by atoms with E-state index in [0.717, 1.165) is 96.3 Å². The van der Waals surface area contributed by atoms with Crippen LogP contribution in [-0.2, 0) is 44.0 Å². The second kappa shape index (κ2) is 65.5. The van der Waals surface area contributed by atoms with E-state index in [1.807, 2.05) is 0 Å². The van der Waals surface area contributed by atoms with Crippen molar-refractivity contribution in [3.05, 3.63) is 0 Å². The van der Waals surface area contributed by atoms with Gasteiger partial charge in [-0.05, 0) is 38.5 Å². The number of rotatable bonds is 57. The molecule has 0 radical (unpaired) electrons. The zero-order chi connectivity index (χ0) is 53.8. The van der Waals surface area contributed by atoms with Crippen LogP contribution in [0.4, 0.5) is 0 Å². The minimum absolute atomic E-state index is 0. The third kappa shape index (κ3) is 75.1. The summed E-state index contributed by atoms with van der Waals surface area (Å²) in [5, 5.41) is 0.